The third kappa shape index (κ3) is 2.40. The minimum Gasteiger partial charge on any atom is -0.379 e. The van der Waals surface area contributed by atoms with Crippen LogP contribution in [0.25, 0.3) is 0 Å². The summed E-state index contributed by atoms with van der Waals surface area (Å²) in [7, 11) is 0. The molecule has 3 rings (SSSR count). The molecule has 4 nitrogen and oxygen atoms in total. The van der Waals surface area contributed by atoms with Gasteiger partial charge in [-0.15, -0.1) is 0 Å². The average Bonchev–Trinajstić information content (AvgIpc) is 2.40. The normalized spacial score (nSPS) is 28.3. The van der Waals surface area contributed by atoms with E-state index in [1.807, 2.05) is 36.1 Å². The molecule has 108 valence electrons. The Morgan fingerprint density at radius 1 is 1.40 bits per heavy atom. The number of anilines is 2. The first-order valence-corrected chi connectivity index (χ1v) is 7.47. The maximum Gasteiger partial charge on any atom is 0.230 e. The first-order valence-electron chi connectivity index (χ1n) is 7.47. The van der Waals surface area contributed by atoms with Crippen LogP contribution in [0.15, 0.2) is 24.3 Å². The van der Waals surface area contributed by atoms with Crippen molar-refractivity contribution in [3.05, 3.63) is 24.3 Å². The van der Waals surface area contributed by atoms with Crippen molar-refractivity contribution in [3.63, 3.8) is 0 Å². The molecule has 1 atom stereocenters. The van der Waals surface area contributed by atoms with Gasteiger partial charge in [0.25, 0.3) is 0 Å². The quantitative estimate of drug-likeness (QED) is 0.921. The Bertz CT molecular complexity index is 497. The van der Waals surface area contributed by atoms with Crippen molar-refractivity contribution in [2.24, 2.45) is 5.92 Å². The largest absolute Gasteiger partial charge is 0.379 e. The number of rotatable bonds is 3. The molecule has 4 heteroatoms. The molecule has 0 aromatic heterocycles. The zero-order valence-electron chi connectivity index (χ0n) is 12.1. The number of hydrogen-bond donors (Lipinski definition) is 1. The molecule has 1 aromatic carbocycles. The number of carbonyl (C=O) groups is 1. The van der Waals surface area contributed by atoms with Crippen molar-refractivity contribution < 1.29 is 9.53 Å². The number of nitrogens with one attached hydrogen (secondary N) is 1. The van der Waals surface area contributed by atoms with Gasteiger partial charge in [-0.3, -0.25) is 4.79 Å². The number of para-hydroxylation sites is 2. The van der Waals surface area contributed by atoms with Gasteiger partial charge in [-0.1, -0.05) is 12.1 Å². The summed E-state index contributed by atoms with van der Waals surface area (Å²) in [5.41, 5.74) is 2.07. The zero-order valence-corrected chi connectivity index (χ0v) is 12.1. The third-order valence-electron chi connectivity index (χ3n) is 4.17. The second-order valence-electron chi connectivity index (χ2n) is 5.76. The maximum absolute atomic E-state index is 12.7. The summed E-state index contributed by atoms with van der Waals surface area (Å²) in [6.07, 6.45) is 2.02. The van der Waals surface area contributed by atoms with Gasteiger partial charge in [-0.05, 0) is 38.8 Å². The lowest BCUT2D eigenvalue weighted by molar-refractivity contribution is -0.131. The van der Waals surface area contributed by atoms with Crippen molar-refractivity contribution in [2.75, 3.05) is 23.4 Å². The number of amides is 1. The van der Waals surface area contributed by atoms with Crippen molar-refractivity contribution in [3.8, 4) is 0 Å². The van der Waals surface area contributed by atoms with E-state index in [4.69, 9.17) is 4.74 Å². The Balaban J connectivity index is 1.73. The highest BCUT2D eigenvalue weighted by Crippen LogP contribution is 2.36. The molecule has 1 unspecified atom stereocenters. The van der Waals surface area contributed by atoms with Crippen LogP contribution in [0.2, 0.25) is 0 Å². The molecule has 0 saturated heterocycles. The first-order chi connectivity index (χ1) is 9.69. The fraction of sp³-hybridized carbons (Fsp3) is 0.562. The van der Waals surface area contributed by atoms with Crippen molar-refractivity contribution in [1.82, 2.24) is 0 Å². The Kier molecular flexibility index (Phi) is 3.66. The molecule has 1 aliphatic carbocycles. The molecule has 1 heterocycles. The summed E-state index contributed by atoms with van der Waals surface area (Å²) in [5.74, 6) is 0.381. The summed E-state index contributed by atoms with van der Waals surface area (Å²) in [6, 6.07) is 8.33. The van der Waals surface area contributed by atoms with Gasteiger partial charge in [-0.25, -0.2) is 0 Å². The van der Waals surface area contributed by atoms with Crippen molar-refractivity contribution in [1.29, 1.82) is 0 Å². The smallest absolute Gasteiger partial charge is 0.230 e. The second kappa shape index (κ2) is 5.44. The van der Waals surface area contributed by atoms with Crippen LogP contribution >= 0.6 is 0 Å². The van der Waals surface area contributed by atoms with E-state index in [2.05, 4.69) is 12.2 Å². The number of hydrogen-bond acceptors (Lipinski definition) is 3. The van der Waals surface area contributed by atoms with Gasteiger partial charge in [0.2, 0.25) is 5.91 Å². The monoisotopic (exact) mass is 274 g/mol. The molecule has 2 aliphatic rings. The zero-order chi connectivity index (χ0) is 14.1. The lowest BCUT2D eigenvalue weighted by Crippen LogP contribution is -2.49. The number of fused-ring (bicyclic) bond motifs is 1. The molecule has 20 heavy (non-hydrogen) atoms. The predicted octanol–water partition coefficient (Wildman–Crippen LogP) is 2.65. The van der Waals surface area contributed by atoms with E-state index in [0.717, 1.165) is 37.4 Å². The average molecular weight is 274 g/mol. The Morgan fingerprint density at radius 3 is 2.90 bits per heavy atom. The fourth-order valence-corrected chi connectivity index (χ4v) is 3.08. The molecule has 1 N–H and O–H groups in total. The van der Waals surface area contributed by atoms with E-state index in [9.17, 15) is 4.79 Å². The topological polar surface area (TPSA) is 41.6 Å². The maximum atomic E-state index is 12.7. The van der Waals surface area contributed by atoms with Crippen LogP contribution in [0.4, 0.5) is 11.4 Å². The highest BCUT2D eigenvalue weighted by Gasteiger charge is 2.39. The molecule has 1 fully saturated rings. The highest BCUT2D eigenvalue weighted by atomic mass is 16.5. The van der Waals surface area contributed by atoms with Crippen LogP contribution in [0.5, 0.6) is 0 Å². The molecule has 1 amide bonds. The van der Waals surface area contributed by atoms with E-state index in [0.29, 0.717) is 0 Å². The van der Waals surface area contributed by atoms with E-state index in [1.165, 1.54) is 0 Å². The number of carbonyl (C=O) groups excluding carboxylic acids is 1. The molecule has 0 bridgehead atoms. The van der Waals surface area contributed by atoms with E-state index >= 15 is 0 Å². The van der Waals surface area contributed by atoms with Gasteiger partial charge in [0.1, 0.15) is 0 Å². The molecular weight excluding hydrogens is 252 g/mol. The van der Waals surface area contributed by atoms with Crippen LogP contribution in [0, 0.1) is 5.92 Å². The minimum absolute atomic E-state index is 0.130. The SMILES string of the molecule is CCOC1CC(C(=O)N2CC(C)Nc3ccccc32)C1. The molecule has 0 spiro atoms. The third-order valence-corrected chi connectivity index (χ3v) is 4.17. The predicted molar refractivity (Wildman–Crippen MR) is 80.0 cm³/mol. The summed E-state index contributed by atoms with van der Waals surface area (Å²) < 4.78 is 5.55. The van der Waals surface area contributed by atoms with Gasteiger partial charge >= 0.3 is 0 Å². The van der Waals surface area contributed by atoms with E-state index < -0.39 is 0 Å². The van der Waals surface area contributed by atoms with Crippen LogP contribution < -0.4 is 10.2 Å². The van der Waals surface area contributed by atoms with Crippen LogP contribution in [-0.2, 0) is 9.53 Å². The van der Waals surface area contributed by atoms with Gasteiger partial charge in [-0.2, -0.15) is 0 Å². The van der Waals surface area contributed by atoms with E-state index in [1.54, 1.807) is 0 Å². The van der Waals surface area contributed by atoms with Crippen LogP contribution in [0.1, 0.15) is 26.7 Å². The van der Waals surface area contributed by atoms with Crippen molar-refractivity contribution in [2.45, 2.75) is 38.8 Å². The van der Waals surface area contributed by atoms with Gasteiger partial charge in [0, 0.05) is 25.1 Å². The second-order valence-corrected chi connectivity index (χ2v) is 5.76. The van der Waals surface area contributed by atoms with Gasteiger partial charge < -0.3 is 15.0 Å². The number of benzene rings is 1. The summed E-state index contributed by atoms with van der Waals surface area (Å²) >= 11 is 0. The number of ether oxygens (including phenoxy) is 1. The van der Waals surface area contributed by atoms with Gasteiger partial charge in [0.05, 0.1) is 17.5 Å². The fourth-order valence-electron chi connectivity index (χ4n) is 3.08. The standard InChI is InChI=1S/C16H22N2O2/c1-3-20-13-8-12(9-13)16(19)18-10-11(2)17-14-6-4-5-7-15(14)18/h4-7,11-13,17H,3,8-10H2,1-2H3. The Morgan fingerprint density at radius 2 is 2.15 bits per heavy atom. The van der Waals surface area contributed by atoms with E-state index in [-0.39, 0.29) is 24.0 Å². The Hall–Kier alpha value is -1.55. The lowest BCUT2D eigenvalue weighted by Gasteiger charge is -2.40. The van der Waals surface area contributed by atoms with Crippen LogP contribution in [0.3, 0.4) is 0 Å². The summed E-state index contributed by atoms with van der Waals surface area (Å²) in [4.78, 5) is 14.6. The number of nitrogens with zero attached hydrogens (tertiary/aromatic N) is 1. The van der Waals surface area contributed by atoms with Crippen molar-refractivity contribution >= 4 is 17.3 Å². The van der Waals surface area contributed by atoms with Gasteiger partial charge in [0.15, 0.2) is 0 Å². The molecule has 0 radical (unpaired) electrons. The molecule has 1 aliphatic heterocycles. The first kappa shape index (κ1) is 13.4. The molecule has 1 aromatic rings. The summed E-state index contributed by atoms with van der Waals surface area (Å²) in [5, 5.41) is 3.43. The molecular formula is C16H22N2O2. The highest BCUT2D eigenvalue weighted by molar-refractivity contribution is 5.99. The minimum atomic E-state index is 0.130. The van der Waals surface area contributed by atoms with Crippen LogP contribution in [-0.4, -0.2) is 31.2 Å². The lowest BCUT2D eigenvalue weighted by atomic mass is 9.81. The molecule has 1 saturated carbocycles. The summed E-state index contributed by atoms with van der Waals surface area (Å²) in [6.45, 7) is 5.59. The Labute approximate surface area is 120 Å².